The highest BCUT2D eigenvalue weighted by atomic mass is 32.1. The van der Waals surface area contributed by atoms with Gasteiger partial charge in [0.15, 0.2) is 0 Å². The number of aromatic nitrogens is 2. The van der Waals surface area contributed by atoms with Gasteiger partial charge in [-0.15, -0.1) is 0 Å². The Kier molecular flexibility index (Phi) is 4.63. The molecule has 0 saturated carbocycles. The van der Waals surface area contributed by atoms with Crippen molar-refractivity contribution in [1.82, 2.24) is 14.9 Å². The number of nitrogens with zero attached hydrogens (tertiary/aromatic N) is 3. The Hall–Kier alpha value is -2.73. The largest absolute Gasteiger partial charge is 0.322 e. The molecule has 2 heterocycles. The van der Waals surface area contributed by atoms with E-state index in [1.54, 1.807) is 41.9 Å². The van der Waals surface area contributed by atoms with Crippen LogP contribution < -0.4 is 5.32 Å². The van der Waals surface area contributed by atoms with Crippen LogP contribution >= 0.6 is 11.3 Å². The number of rotatable bonds is 4. The van der Waals surface area contributed by atoms with Crippen LogP contribution in [-0.4, -0.2) is 27.9 Å². The predicted octanol–water partition coefficient (Wildman–Crippen LogP) is 3.87. The zero-order chi connectivity index (χ0) is 16.1. The van der Waals surface area contributed by atoms with Crippen LogP contribution in [0.3, 0.4) is 0 Å². The molecule has 2 aromatic heterocycles. The van der Waals surface area contributed by atoms with Gasteiger partial charge in [0.1, 0.15) is 0 Å². The van der Waals surface area contributed by atoms with Crippen LogP contribution in [0.4, 0.5) is 10.5 Å². The van der Waals surface area contributed by atoms with Gasteiger partial charge >= 0.3 is 6.03 Å². The summed E-state index contributed by atoms with van der Waals surface area (Å²) in [6.45, 7) is 0.407. The molecule has 1 N–H and O–H groups in total. The summed E-state index contributed by atoms with van der Waals surface area (Å²) < 4.78 is 0. The zero-order valence-corrected chi connectivity index (χ0v) is 13.5. The number of carbonyl (C=O) groups is 1. The SMILES string of the molecule is CN(Cc1cnccn1)C(=O)Nc1cccc(-c2ccsc2)c1. The van der Waals surface area contributed by atoms with Crippen LogP contribution in [0.2, 0.25) is 0 Å². The molecule has 2 amide bonds. The lowest BCUT2D eigenvalue weighted by atomic mass is 10.1. The Morgan fingerprint density at radius 1 is 1.26 bits per heavy atom. The van der Waals surface area contributed by atoms with E-state index in [-0.39, 0.29) is 6.03 Å². The number of benzene rings is 1. The highest BCUT2D eigenvalue weighted by Crippen LogP contribution is 2.24. The first-order chi connectivity index (χ1) is 11.2. The van der Waals surface area contributed by atoms with Crippen LogP contribution in [0, 0.1) is 0 Å². The van der Waals surface area contributed by atoms with E-state index in [2.05, 4.69) is 26.7 Å². The van der Waals surface area contributed by atoms with Crippen molar-refractivity contribution >= 4 is 23.1 Å². The molecule has 23 heavy (non-hydrogen) atoms. The van der Waals surface area contributed by atoms with Crippen molar-refractivity contribution in [2.24, 2.45) is 0 Å². The normalized spacial score (nSPS) is 10.3. The molecular weight excluding hydrogens is 308 g/mol. The zero-order valence-electron chi connectivity index (χ0n) is 12.6. The lowest BCUT2D eigenvalue weighted by Gasteiger charge is -2.17. The first-order valence-electron chi connectivity index (χ1n) is 7.12. The van der Waals surface area contributed by atoms with Crippen LogP contribution in [0.1, 0.15) is 5.69 Å². The minimum Gasteiger partial charge on any atom is -0.322 e. The third kappa shape index (κ3) is 3.92. The van der Waals surface area contributed by atoms with Gasteiger partial charge in [0.25, 0.3) is 0 Å². The van der Waals surface area contributed by atoms with Gasteiger partial charge in [0.05, 0.1) is 18.4 Å². The maximum absolute atomic E-state index is 12.3. The van der Waals surface area contributed by atoms with Gasteiger partial charge in [0, 0.05) is 25.1 Å². The molecule has 0 bridgehead atoms. The molecule has 0 aliphatic heterocycles. The molecule has 0 saturated heterocycles. The second kappa shape index (κ2) is 7.02. The van der Waals surface area contributed by atoms with E-state index in [9.17, 15) is 4.79 Å². The number of anilines is 1. The molecule has 0 aliphatic carbocycles. The van der Waals surface area contributed by atoms with Crippen molar-refractivity contribution in [3.8, 4) is 11.1 Å². The van der Waals surface area contributed by atoms with E-state index in [1.165, 1.54) is 0 Å². The third-order valence-corrected chi connectivity index (χ3v) is 4.01. The highest BCUT2D eigenvalue weighted by Gasteiger charge is 2.10. The second-order valence-corrected chi connectivity index (χ2v) is 5.86. The fraction of sp³-hybridized carbons (Fsp3) is 0.118. The van der Waals surface area contributed by atoms with Gasteiger partial charge in [-0.05, 0) is 40.1 Å². The summed E-state index contributed by atoms with van der Waals surface area (Å²) >= 11 is 1.65. The average Bonchev–Trinajstić information content (AvgIpc) is 3.10. The first-order valence-corrected chi connectivity index (χ1v) is 8.06. The summed E-state index contributed by atoms with van der Waals surface area (Å²) in [5, 5.41) is 7.03. The van der Waals surface area contributed by atoms with E-state index in [1.807, 2.05) is 29.6 Å². The molecular formula is C17H16N4OS. The Morgan fingerprint density at radius 2 is 2.17 bits per heavy atom. The molecule has 1 aromatic carbocycles. The molecule has 3 aromatic rings. The molecule has 0 spiro atoms. The Morgan fingerprint density at radius 3 is 2.91 bits per heavy atom. The average molecular weight is 324 g/mol. The number of hydrogen-bond acceptors (Lipinski definition) is 4. The van der Waals surface area contributed by atoms with E-state index >= 15 is 0 Å². The van der Waals surface area contributed by atoms with Crippen molar-refractivity contribution in [3.05, 3.63) is 65.4 Å². The highest BCUT2D eigenvalue weighted by molar-refractivity contribution is 7.08. The van der Waals surface area contributed by atoms with Crippen LogP contribution in [0.15, 0.2) is 59.7 Å². The topological polar surface area (TPSA) is 58.1 Å². The van der Waals surface area contributed by atoms with Gasteiger partial charge in [0.2, 0.25) is 0 Å². The number of thiophene rings is 1. The molecule has 0 fully saturated rings. The van der Waals surface area contributed by atoms with Gasteiger partial charge in [-0.1, -0.05) is 12.1 Å². The van der Waals surface area contributed by atoms with Crippen LogP contribution in [0.25, 0.3) is 11.1 Å². The van der Waals surface area contributed by atoms with Crippen molar-refractivity contribution in [1.29, 1.82) is 0 Å². The third-order valence-electron chi connectivity index (χ3n) is 3.33. The summed E-state index contributed by atoms with van der Waals surface area (Å²) in [5.74, 6) is 0. The maximum Gasteiger partial charge on any atom is 0.321 e. The molecule has 5 nitrogen and oxygen atoms in total. The Balaban J connectivity index is 1.67. The molecule has 0 aliphatic rings. The standard InChI is InChI=1S/C17H16N4OS/c1-21(11-16-10-18-6-7-19-16)17(22)20-15-4-2-3-13(9-15)14-5-8-23-12-14/h2-10,12H,11H2,1H3,(H,20,22). The van der Waals surface area contributed by atoms with Crippen molar-refractivity contribution < 1.29 is 4.79 Å². The Bertz CT molecular complexity index is 774. The smallest absolute Gasteiger partial charge is 0.321 e. The molecule has 0 unspecified atom stereocenters. The van der Waals surface area contributed by atoms with Crippen LogP contribution in [0.5, 0.6) is 0 Å². The summed E-state index contributed by atoms with van der Waals surface area (Å²) in [7, 11) is 1.73. The quantitative estimate of drug-likeness (QED) is 0.792. The minimum absolute atomic E-state index is 0.182. The Labute approximate surface area is 138 Å². The predicted molar refractivity (Wildman–Crippen MR) is 92.3 cm³/mol. The molecule has 0 atom stereocenters. The minimum atomic E-state index is -0.182. The maximum atomic E-state index is 12.3. The van der Waals surface area contributed by atoms with Gasteiger partial charge in [-0.3, -0.25) is 9.97 Å². The summed E-state index contributed by atoms with van der Waals surface area (Å²) in [6, 6.07) is 9.69. The number of urea groups is 1. The summed E-state index contributed by atoms with van der Waals surface area (Å²) in [4.78, 5) is 22.0. The van der Waals surface area contributed by atoms with Gasteiger partial charge < -0.3 is 10.2 Å². The van der Waals surface area contributed by atoms with E-state index < -0.39 is 0 Å². The second-order valence-electron chi connectivity index (χ2n) is 5.08. The number of amides is 2. The number of carbonyl (C=O) groups excluding carboxylic acids is 1. The van der Waals surface area contributed by atoms with Crippen molar-refractivity contribution in [2.75, 3.05) is 12.4 Å². The molecule has 116 valence electrons. The number of nitrogens with one attached hydrogen (secondary N) is 1. The first kappa shape index (κ1) is 15.2. The van der Waals surface area contributed by atoms with Crippen molar-refractivity contribution in [2.45, 2.75) is 6.54 Å². The summed E-state index contributed by atoms with van der Waals surface area (Å²) in [6.07, 6.45) is 4.88. The molecule has 0 radical (unpaired) electrons. The monoisotopic (exact) mass is 324 g/mol. The lowest BCUT2D eigenvalue weighted by molar-refractivity contribution is 0.220. The van der Waals surface area contributed by atoms with E-state index in [4.69, 9.17) is 0 Å². The van der Waals surface area contributed by atoms with E-state index in [0.717, 1.165) is 22.5 Å². The fourth-order valence-corrected chi connectivity index (χ4v) is 2.82. The summed E-state index contributed by atoms with van der Waals surface area (Å²) in [5.41, 5.74) is 3.75. The number of hydrogen-bond donors (Lipinski definition) is 1. The van der Waals surface area contributed by atoms with E-state index in [0.29, 0.717) is 6.54 Å². The molecule has 3 rings (SSSR count). The van der Waals surface area contributed by atoms with Gasteiger partial charge in [-0.25, -0.2) is 4.79 Å². The van der Waals surface area contributed by atoms with Crippen molar-refractivity contribution in [3.63, 3.8) is 0 Å². The van der Waals surface area contributed by atoms with Gasteiger partial charge in [-0.2, -0.15) is 11.3 Å². The lowest BCUT2D eigenvalue weighted by Crippen LogP contribution is -2.31. The molecule has 6 heteroatoms. The fourth-order valence-electron chi connectivity index (χ4n) is 2.15. The van der Waals surface area contributed by atoms with Crippen LogP contribution in [-0.2, 0) is 6.54 Å².